The van der Waals surface area contributed by atoms with Gasteiger partial charge in [0.25, 0.3) is 0 Å². The summed E-state index contributed by atoms with van der Waals surface area (Å²) < 4.78 is 2.04. The average molecular weight is 369 g/mol. The standard InChI is InChI=1S/C20H27N5O2/c26-19-12-15(13-24-10-7-22-14-24)11-18(19)23-20(27)16-3-8-25(9-4-16)17-1-5-21-6-2-17/h1-2,5-7,10,14-16,18-19,26H,3-4,8-9,11-13H2,(H,23,27)/t15?,18-,19-/m1/s1. The monoisotopic (exact) mass is 369 g/mol. The average Bonchev–Trinajstić information content (AvgIpc) is 3.33. The van der Waals surface area contributed by atoms with E-state index in [9.17, 15) is 9.90 Å². The number of nitrogens with one attached hydrogen (secondary N) is 1. The topological polar surface area (TPSA) is 83.3 Å². The molecular formula is C20H27N5O2. The highest BCUT2D eigenvalue weighted by atomic mass is 16.3. The summed E-state index contributed by atoms with van der Waals surface area (Å²) in [6, 6.07) is 3.88. The Hall–Kier alpha value is -2.41. The van der Waals surface area contributed by atoms with Crippen LogP contribution in [0.2, 0.25) is 0 Å². The molecule has 2 aliphatic rings. The summed E-state index contributed by atoms with van der Waals surface area (Å²) in [5.41, 5.74) is 1.16. The summed E-state index contributed by atoms with van der Waals surface area (Å²) in [4.78, 5) is 23.1. The molecule has 1 saturated carbocycles. The van der Waals surface area contributed by atoms with Gasteiger partial charge in [-0.1, -0.05) is 0 Å². The molecule has 1 saturated heterocycles. The van der Waals surface area contributed by atoms with Gasteiger partial charge in [-0.25, -0.2) is 4.98 Å². The van der Waals surface area contributed by atoms with Gasteiger partial charge in [0, 0.05) is 56.0 Å². The number of piperidine rings is 1. The number of carbonyl (C=O) groups is 1. The second-order valence-electron chi connectivity index (χ2n) is 7.75. The van der Waals surface area contributed by atoms with Gasteiger partial charge >= 0.3 is 0 Å². The Morgan fingerprint density at radius 3 is 2.63 bits per heavy atom. The zero-order valence-corrected chi connectivity index (χ0v) is 15.4. The van der Waals surface area contributed by atoms with Gasteiger partial charge in [0.2, 0.25) is 5.91 Å². The molecule has 2 aromatic heterocycles. The Morgan fingerprint density at radius 1 is 1.15 bits per heavy atom. The van der Waals surface area contributed by atoms with Crippen LogP contribution in [0.15, 0.2) is 43.2 Å². The van der Waals surface area contributed by atoms with Crippen LogP contribution < -0.4 is 10.2 Å². The van der Waals surface area contributed by atoms with Crippen molar-refractivity contribution in [3.63, 3.8) is 0 Å². The van der Waals surface area contributed by atoms with Crippen molar-refractivity contribution in [3.8, 4) is 0 Å². The Bertz CT molecular complexity index is 728. The number of carbonyl (C=O) groups excluding carboxylic acids is 1. The lowest BCUT2D eigenvalue weighted by Gasteiger charge is -2.33. The Balaban J connectivity index is 1.26. The predicted molar refractivity (Wildman–Crippen MR) is 102 cm³/mol. The fraction of sp³-hybridized carbons (Fsp3) is 0.550. The quantitative estimate of drug-likeness (QED) is 0.834. The molecule has 4 rings (SSSR count). The highest BCUT2D eigenvalue weighted by Crippen LogP contribution is 2.29. The molecule has 7 nitrogen and oxygen atoms in total. The first-order valence-corrected chi connectivity index (χ1v) is 9.78. The highest BCUT2D eigenvalue weighted by molar-refractivity contribution is 5.79. The smallest absolute Gasteiger partial charge is 0.223 e. The van der Waals surface area contributed by atoms with Gasteiger partial charge in [0.1, 0.15) is 0 Å². The predicted octanol–water partition coefficient (Wildman–Crippen LogP) is 1.45. The second-order valence-corrected chi connectivity index (χ2v) is 7.75. The summed E-state index contributed by atoms with van der Waals surface area (Å²) in [5.74, 6) is 0.493. The molecule has 3 heterocycles. The van der Waals surface area contributed by atoms with E-state index in [0.717, 1.165) is 51.0 Å². The molecule has 7 heteroatoms. The molecule has 2 fully saturated rings. The van der Waals surface area contributed by atoms with E-state index in [4.69, 9.17) is 0 Å². The number of hydrogen-bond donors (Lipinski definition) is 2. The molecule has 2 N–H and O–H groups in total. The molecule has 2 aromatic rings. The van der Waals surface area contributed by atoms with Gasteiger partial charge in [-0.05, 0) is 43.7 Å². The SMILES string of the molecule is O=C(N[C@@H]1CC(Cn2ccnc2)C[C@H]1O)C1CCN(c2ccncc2)CC1. The number of rotatable bonds is 5. The fourth-order valence-corrected chi connectivity index (χ4v) is 4.37. The Labute approximate surface area is 159 Å². The van der Waals surface area contributed by atoms with Crippen LogP contribution in [-0.4, -0.2) is 50.8 Å². The van der Waals surface area contributed by atoms with Crippen molar-refractivity contribution in [1.82, 2.24) is 19.9 Å². The summed E-state index contributed by atoms with van der Waals surface area (Å²) in [7, 11) is 0. The first kappa shape index (κ1) is 18.0. The zero-order chi connectivity index (χ0) is 18.6. The third-order valence-corrected chi connectivity index (χ3v) is 5.88. The minimum atomic E-state index is -0.459. The third kappa shape index (κ3) is 4.30. The number of aromatic nitrogens is 3. The van der Waals surface area contributed by atoms with Gasteiger partial charge in [0.15, 0.2) is 0 Å². The maximum absolute atomic E-state index is 12.7. The van der Waals surface area contributed by atoms with Gasteiger partial charge < -0.3 is 19.9 Å². The molecule has 3 atom stereocenters. The van der Waals surface area contributed by atoms with Crippen molar-refractivity contribution >= 4 is 11.6 Å². The van der Waals surface area contributed by atoms with Gasteiger partial charge in [-0.15, -0.1) is 0 Å². The minimum Gasteiger partial charge on any atom is -0.391 e. The van der Waals surface area contributed by atoms with E-state index in [-0.39, 0.29) is 17.9 Å². The molecule has 0 bridgehead atoms. The van der Waals surface area contributed by atoms with Crippen molar-refractivity contribution in [2.45, 2.75) is 44.4 Å². The first-order chi connectivity index (χ1) is 13.2. The number of pyridine rings is 1. The van der Waals surface area contributed by atoms with Crippen LogP contribution in [0.5, 0.6) is 0 Å². The zero-order valence-electron chi connectivity index (χ0n) is 15.4. The van der Waals surface area contributed by atoms with Crippen molar-refractivity contribution in [2.75, 3.05) is 18.0 Å². The summed E-state index contributed by atoms with van der Waals surface area (Å²) >= 11 is 0. The summed E-state index contributed by atoms with van der Waals surface area (Å²) in [5, 5.41) is 13.5. The summed E-state index contributed by atoms with van der Waals surface area (Å²) in [6.07, 6.45) is 11.9. The maximum atomic E-state index is 12.7. The van der Waals surface area contributed by atoms with Crippen molar-refractivity contribution in [1.29, 1.82) is 0 Å². The molecule has 1 aliphatic carbocycles. The maximum Gasteiger partial charge on any atom is 0.223 e. The number of aliphatic hydroxyl groups excluding tert-OH is 1. The van der Waals surface area contributed by atoms with Crippen molar-refractivity contribution in [3.05, 3.63) is 43.2 Å². The molecular weight excluding hydrogens is 342 g/mol. The van der Waals surface area contributed by atoms with Crippen LogP contribution in [0.4, 0.5) is 5.69 Å². The largest absolute Gasteiger partial charge is 0.391 e. The first-order valence-electron chi connectivity index (χ1n) is 9.78. The van der Waals surface area contributed by atoms with E-state index in [1.165, 1.54) is 0 Å². The highest BCUT2D eigenvalue weighted by Gasteiger charge is 2.35. The Morgan fingerprint density at radius 2 is 1.93 bits per heavy atom. The van der Waals surface area contributed by atoms with Gasteiger partial charge in [-0.2, -0.15) is 0 Å². The van der Waals surface area contributed by atoms with E-state index in [1.54, 1.807) is 24.9 Å². The number of anilines is 1. The summed E-state index contributed by atoms with van der Waals surface area (Å²) in [6.45, 7) is 2.59. The van der Waals surface area contributed by atoms with E-state index < -0.39 is 6.10 Å². The molecule has 144 valence electrons. The van der Waals surface area contributed by atoms with Gasteiger partial charge in [0.05, 0.1) is 18.5 Å². The van der Waals surface area contributed by atoms with Crippen LogP contribution in [0.1, 0.15) is 25.7 Å². The van der Waals surface area contributed by atoms with Crippen LogP contribution in [0, 0.1) is 11.8 Å². The van der Waals surface area contributed by atoms with Gasteiger partial charge in [-0.3, -0.25) is 9.78 Å². The lowest BCUT2D eigenvalue weighted by atomic mass is 9.95. The molecule has 0 radical (unpaired) electrons. The lowest BCUT2D eigenvalue weighted by Crippen LogP contribution is -2.46. The number of nitrogens with zero attached hydrogens (tertiary/aromatic N) is 4. The van der Waals surface area contributed by atoms with E-state index in [2.05, 4.69) is 20.2 Å². The fourth-order valence-electron chi connectivity index (χ4n) is 4.37. The van der Waals surface area contributed by atoms with Crippen molar-refractivity contribution in [2.24, 2.45) is 11.8 Å². The Kier molecular flexibility index (Phi) is 5.38. The molecule has 0 spiro atoms. The third-order valence-electron chi connectivity index (χ3n) is 5.88. The molecule has 1 aliphatic heterocycles. The molecule has 27 heavy (non-hydrogen) atoms. The van der Waals surface area contributed by atoms with Crippen molar-refractivity contribution < 1.29 is 9.90 Å². The van der Waals surface area contributed by atoms with Crippen LogP contribution in [-0.2, 0) is 11.3 Å². The van der Waals surface area contributed by atoms with Crippen LogP contribution in [0.3, 0.4) is 0 Å². The molecule has 0 aromatic carbocycles. The van der Waals surface area contributed by atoms with E-state index in [1.807, 2.05) is 22.9 Å². The number of imidazole rings is 1. The number of aliphatic hydroxyl groups is 1. The number of amides is 1. The van der Waals surface area contributed by atoms with Crippen LogP contribution in [0.25, 0.3) is 0 Å². The normalized spacial score (nSPS) is 26.3. The molecule has 1 unspecified atom stereocenters. The van der Waals surface area contributed by atoms with E-state index in [0.29, 0.717) is 5.92 Å². The lowest BCUT2D eigenvalue weighted by molar-refractivity contribution is -0.127. The second kappa shape index (κ2) is 8.08. The van der Waals surface area contributed by atoms with Crippen LogP contribution >= 0.6 is 0 Å². The number of hydrogen-bond acceptors (Lipinski definition) is 5. The minimum absolute atomic E-state index is 0.0305. The van der Waals surface area contributed by atoms with E-state index >= 15 is 0 Å². The molecule has 1 amide bonds.